The van der Waals surface area contributed by atoms with E-state index in [9.17, 15) is 4.79 Å². The molecule has 0 fully saturated rings. The van der Waals surface area contributed by atoms with E-state index in [-0.39, 0.29) is 17.7 Å². The fourth-order valence-electron chi connectivity index (χ4n) is 1.50. The van der Waals surface area contributed by atoms with Crippen molar-refractivity contribution in [1.29, 1.82) is 0 Å². The van der Waals surface area contributed by atoms with Crippen molar-refractivity contribution in [3.8, 4) is 5.69 Å². The predicted octanol–water partition coefficient (Wildman–Crippen LogP) is 2.73. The van der Waals surface area contributed by atoms with E-state index in [0.29, 0.717) is 16.4 Å². The van der Waals surface area contributed by atoms with E-state index >= 15 is 0 Å². The van der Waals surface area contributed by atoms with E-state index in [1.807, 2.05) is 0 Å². The molecule has 0 bridgehead atoms. The Morgan fingerprint density at radius 2 is 2.32 bits per heavy atom. The Kier molecular flexibility index (Phi) is 4.39. The van der Waals surface area contributed by atoms with Crippen LogP contribution in [0.5, 0.6) is 0 Å². The molecule has 2 rings (SSSR count). The van der Waals surface area contributed by atoms with Gasteiger partial charge in [-0.3, -0.25) is 4.79 Å². The monoisotopic (exact) mass is 298 g/mol. The van der Waals surface area contributed by atoms with E-state index in [2.05, 4.69) is 15.4 Å². The predicted molar refractivity (Wildman–Crippen MR) is 74.9 cm³/mol. The number of nitrogens with one attached hydrogen (secondary N) is 1. The van der Waals surface area contributed by atoms with Gasteiger partial charge in [0.05, 0.1) is 10.7 Å². The highest BCUT2D eigenvalue weighted by Gasteiger charge is 2.16. The number of halogens is 2. The zero-order valence-corrected chi connectivity index (χ0v) is 11.7. The first-order valence-electron chi connectivity index (χ1n) is 5.64. The molecule has 0 aliphatic rings. The maximum absolute atomic E-state index is 11.9. The van der Waals surface area contributed by atoms with E-state index in [1.165, 1.54) is 17.3 Å². The molecule has 1 amide bonds. The van der Waals surface area contributed by atoms with Crippen LogP contribution >= 0.6 is 23.2 Å². The van der Waals surface area contributed by atoms with Crippen LogP contribution in [0.25, 0.3) is 5.69 Å². The summed E-state index contributed by atoms with van der Waals surface area (Å²) in [4.78, 5) is 15.8. The lowest BCUT2D eigenvalue weighted by Crippen LogP contribution is -2.22. The van der Waals surface area contributed by atoms with Crippen LogP contribution in [0.1, 0.15) is 6.92 Å². The number of carbonyl (C=O) groups is 1. The summed E-state index contributed by atoms with van der Waals surface area (Å²) in [6.07, 6.45) is 2.91. The van der Waals surface area contributed by atoms with Crippen LogP contribution in [0.2, 0.25) is 5.02 Å². The minimum absolute atomic E-state index is 0.168. The highest BCUT2D eigenvalue weighted by molar-refractivity contribution is 6.33. The molecule has 0 saturated heterocycles. The first-order valence-corrected chi connectivity index (χ1v) is 6.55. The van der Waals surface area contributed by atoms with Crippen LogP contribution in [-0.4, -0.2) is 26.6 Å². The summed E-state index contributed by atoms with van der Waals surface area (Å²) in [5, 5.41) is 7.29. The summed E-state index contributed by atoms with van der Waals surface area (Å²) in [5.41, 5.74) is 1.15. The van der Waals surface area contributed by atoms with Gasteiger partial charge in [0.25, 0.3) is 0 Å². The Bertz CT molecular complexity index is 571. The fourth-order valence-corrected chi connectivity index (χ4v) is 1.90. The lowest BCUT2D eigenvalue weighted by molar-refractivity contribution is -0.118. The van der Waals surface area contributed by atoms with Gasteiger partial charge in [0, 0.05) is 11.8 Å². The molecule has 1 aromatic heterocycles. The van der Waals surface area contributed by atoms with Gasteiger partial charge in [0.15, 0.2) is 0 Å². The molecule has 0 spiro atoms. The minimum atomic E-state index is -0.288. The van der Waals surface area contributed by atoms with Crippen LogP contribution in [0.15, 0.2) is 30.9 Å². The van der Waals surface area contributed by atoms with E-state index in [4.69, 9.17) is 23.2 Å². The Morgan fingerprint density at radius 1 is 1.53 bits per heavy atom. The Labute approximate surface area is 120 Å². The van der Waals surface area contributed by atoms with Crippen molar-refractivity contribution >= 4 is 34.8 Å². The molecule has 0 saturated carbocycles. The number of anilines is 1. The van der Waals surface area contributed by atoms with Crippen molar-refractivity contribution in [1.82, 2.24) is 14.8 Å². The van der Waals surface area contributed by atoms with E-state index in [1.54, 1.807) is 25.1 Å². The van der Waals surface area contributed by atoms with Crippen LogP contribution < -0.4 is 5.32 Å². The summed E-state index contributed by atoms with van der Waals surface area (Å²) in [5.74, 6) is -0.201. The second-order valence-corrected chi connectivity index (χ2v) is 4.74. The number of benzene rings is 1. The van der Waals surface area contributed by atoms with Crippen LogP contribution in [0, 0.1) is 5.92 Å². The quantitative estimate of drug-likeness (QED) is 0.883. The smallest absolute Gasteiger partial charge is 0.228 e. The maximum atomic E-state index is 11.9. The summed E-state index contributed by atoms with van der Waals surface area (Å²) in [6, 6.07) is 5.23. The second-order valence-electron chi connectivity index (χ2n) is 4.02. The highest BCUT2D eigenvalue weighted by Crippen LogP contribution is 2.28. The number of hydrogen-bond donors (Lipinski definition) is 1. The van der Waals surface area contributed by atoms with Crippen molar-refractivity contribution in [3.05, 3.63) is 35.9 Å². The molecular formula is C12H12Cl2N4O. The number of carbonyl (C=O) groups excluding carboxylic acids is 1. The van der Waals surface area contributed by atoms with Gasteiger partial charge in [-0.1, -0.05) is 24.6 Å². The first-order chi connectivity index (χ1) is 9.13. The number of amides is 1. The molecule has 0 aliphatic heterocycles. The van der Waals surface area contributed by atoms with E-state index in [0.717, 1.165) is 0 Å². The van der Waals surface area contributed by atoms with E-state index < -0.39 is 0 Å². The number of rotatable bonds is 4. The van der Waals surface area contributed by atoms with Gasteiger partial charge in [0.1, 0.15) is 18.3 Å². The molecule has 1 atom stereocenters. The number of para-hydroxylation sites is 1. The van der Waals surface area contributed by atoms with Gasteiger partial charge in [-0.2, -0.15) is 5.10 Å². The first kappa shape index (κ1) is 13.8. The molecule has 1 N–H and O–H groups in total. The van der Waals surface area contributed by atoms with Gasteiger partial charge in [-0.25, -0.2) is 9.67 Å². The summed E-state index contributed by atoms with van der Waals surface area (Å²) >= 11 is 11.8. The Morgan fingerprint density at radius 3 is 2.95 bits per heavy atom. The third-order valence-corrected chi connectivity index (χ3v) is 3.34. The van der Waals surface area contributed by atoms with Crippen molar-refractivity contribution in [2.75, 3.05) is 11.2 Å². The molecule has 1 heterocycles. The molecule has 7 heteroatoms. The molecular weight excluding hydrogens is 287 g/mol. The lowest BCUT2D eigenvalue weighted by Gasteiger charge is -2.14. The zero-order chi connectivity index (χ0) is 13.8. The van der Waals surface area contributed by atoms with Crippen molar-refractivity contribution in [2.24, 2.45) is 5.92 Å². The largest absolute Gasteiger partial charge is 0.324 e. The third kappa shape index (κ3) is 3.05. The minimum Gasteiger partial charge on any atom is -0.324 e. The molecule has 1 unspecified atom stereocenters. The molecule has 0 aliphatic carbocycles. The number of nitrogens with zero attached hydrogens (tertiary/aromatic N) is 3. The Hall–Kier alpha value is -1.59. The summed E-state index contributed by atoms with van der Waals surface area (Å²) < 4.78 is 1.50. The normalized spacial score (nSPS) is 12.2. The second kappa shape index (κ2) is 6.04. The Balaban J connectivity index is 2.36. The highest BCUT2D eigenvalue weighted by atomic mass is 35.5. The lowest BCUT2D eigenvalue weighted by atomic mass is 10.2. The molecule has 2 aromatic rings. The third-order valence-electron chi connectivity index (χ3n) is 2.57. The van der Waals surface area contributed by atoms with Crippen LogP contribution in [-0.2, 0) is 4.79 Å². The molecule has 0 radical (unpaired) electrons. The zero-order valence-electron chi connectivity index (χ0n) is 10.2. The van der Waals surface area contributed by atoms with Gasteiger partial charge >= 0.3 is 0 Å². The van der Waals surface area contributed by atoms with Gasteiger partial charge in [0.2, 0.25) is 5.91 Å². The SMILES string of the molecule is CC(CCl)C(=O)Nc1cccc(Cl)c1-n1cncn1. The molecule has 19 heavy (non-hydrogen) atoms. The number of aromatic nitrogens is 3. The van der Waals surface area contributed by atoms with Crippen molar-refractivity contribution in [3.63, 3.8) is 0 Å². The summed E-state index contributed by atoms with van der Waals surface area (Å²) in [7, 11) is 0. The number of hydrogen-bond acceptors (Lipinski definition) is 3. The maximum Gasteiger partial charge on any atom is 0.228 e. The van der Waals surface area contributed by atoms with Crippen LogP contribution in [0.4, 0.5) is 5.69 Å². The van der Waals surface area contributed by atoms with Crippen molar-refractivity contribution in [2.45, 2.75) is 6.92 Å². The molecule has 100 valence electrons. The van der Waals surface area contributed by atoms with Crippen molar-refractivity contribution < 1.29 is 4.79 Å². The average Bonchev–Trinajstić information content (AvgIpc) is 2.91. The summed E-state index contributed by atoms with van der Waals surface area (Å²) in [6.45, 7) is 1.75. The van der Waals surface area contributed by atoms with Gasteiger partial charge in [-0.15, -0.1) is 11.6 Å². The number of alkyl halides is 1. The van der Waals surface area contributed by atoms with Gasteiger partial charge < -0.3 is 5.32 Å². The standard InChI is InChI=1S/C12H12Cl2N4O/c1-8(5-13)12(19)17-10-4-2-3-9(14)11(10)18-7-15-6-16-18/h2-4,6-8H,5H2,1H3,(H,17,19). The average molecular weight is 299 g/mol. The fraction of sp³-hybridized carbons (Fsp3) is 0.250. The topological polar surface area (TPSA) is 59.8 Å². The van der Waals surface area contributed by atoms with Gasteiger partial charge in [-0.05, 0) is 12.1 Å². The van der Waals surface area contributed by atoms with Crippen LogP contribution in [0.3, 0.4) is 0 Å². The molecule has 1 aromatic carbocycles. The molecule has 5 nitrogen and oxygen atoms in total.